The van der Waals surface area contributed by atoms with Gasteiger partial charge in [0.15, 0.2) is 0 Å². The first-order chi connectivity index (χ1) is 10.2. The van der Waals surface area contributed by atoms with Gasteiger partial charge in [-0.3, -0.25) is 4.79 Å². The van der Waals surface area contributed by atoms with Crippen molar-refractivity contribution in [3.05, 3.63) is 29.6 Å². The second-order valence-electron chi connectivity index (χ2n) is 5.54. The number of ether oxygens (including phenoxy) is 2. The van der Waals surface area contributed by atoms with Crippen LogP contribution < -0.4 is 5.32 Å². The number of allylic oxidation sites excluding steroid dienone is 1. The van der Waals surface area contributed by atoms with Crippen molar-refractivity contribution in [3.8, 4) is 0 Å². The maximum absolute atomic E-state index is 12.4. The van der Waals surface area contributed by atoms with Gasteiger partial charge in [0.2, 0.25) is 0 Å². The Hall–Kier alpha value is -1.82. The first-order valence-corrected chi connectivity index (χ1v) is 7.39. The van der Waals surface area contributed by atoms with Crippen LogP contribution in [0.4, 0.5) is 0 Å². The van der Waals surface area contributed by atoms with E-state index in [4.69, 9.17) is 9.47 Å². The number of nitrogens with zero attached hydrogens (tertiary/aromatic N) is 2. The Labute approximate surface area is 124 Å². The van der Waals surface area contributed by atoms with Crippen LogP contribution in [0.3, 0.4) is 0 Å². The molecule has 3 heterocycles. The van der Waals surface area contributed by atoms with Gasteiger partial charge in [0, 0.05) is 26.0 Å². The molecule has 1 aromatic rings. The molecule has 0 unspecified atom stereocenters. The molecule has 0 aliphatic carbocycles. The fourth-order valence-corrected chi connectivity index (χ4v) is 2.91. The van der Waals surface area contributed by atoms with Crippen molar-refractivity contribution in [2.45, 2.75) is 38.3 Å². The van der Waals surface area contributed by atoms with Gasteiger partial charge < -0.3 is 19.4 Å². The van der Waals surface area contributed by atoms with Crippen LogP contribution in [0.2, 0.25) is 0 Å². The van der Waals surface area contributed by atoms with E-state index in [0.717, 1.165) is 36.4 Å². The maximum atomic E-state index is 12.4. The standard InChI is InChI=1S/C15H21N3O3/c1-10-11(4-3-8-20-10)15(19)17-12-5-9-21-13(12)14-16-6-7-18(14)2/h6-7,12-13H,3-5,8-9H2,1-2H3,(H,17,19)/t12-,13-/m0/s1. The zero-order valence-electron chi connectivity index (χ0n) is 12.5. The molecule has 0 radical (unpaired) electrons. The zero-order valence-corrected chi connectivity index (χ0v) is 12.5. The number of rotatable bonds is 3. The zero-order chi connectivity index (χ0) is 14.8. The number of carbonyl (C=O) groups is 1. The largest absolute Gasteiger partial charge is 0.498 e. The minimum atomic E-state index is -0.181. The Morgan fingerprint density at radius 3 is 3.05 bits per heavy atom. The monoisotopic (exact) mass is 291 g/mol. The summed E-state index contributed by atoms with van der Waals surface area (Å²) in [6, 6.07) is -0.0409. The van der Waals surface area contributed by atoms with Gasteiger partial charge >= 0.3 is 0 Å². The smallest absolute Gasteiger partial charge is 0.250 e. The topological polar surface area (TPSA) is 65.4 Å². The van der Waals surface area contributed by atoms with Gasteiger partial charge in [-0.15, -0.1) is 0 Å². The minimum absolute atomic E-state index is 0.0399. The average Bonchev–Trinajstić information content (AvgIpc) is 3.07. The fraction of sp³-hybridized carbons (Fsp3) is 0.600. The van der Waals surface area contributed by atoms with Crippen LogP contribution in [0.5, 0.6) is 0 Å². The summed E-state index contributed by atoms with van der Waals surface area (Å²) in [5.41, 5.74) is 0.756. The number of hydrogen-bond acceptors (Lipinski definition) is 4. The van der Waals surface area contributed by atoms with Crippen LogP contribution in [0.25, 0.3) is 0 Å². The van der Waals surface area contributed by atoms with Gasteiger partial charge in [0.1, 0.15) is 17.7 Å². The highest BCUT2D eigenvalue weighted by Gasteiger charge is 2.34. The lowest BCUT2D eigenvalue weighted by molar-refractivity contribution is -0.119. The van der Waals surface area contributed by atoms with Gasteiger partial charge in [-0.05, 0) is 26.2 Å². The van der Waals surface area contributed by atoms with Crippen molar-refractivity contribution in [1.82, 2.24) is 14.9 Å². The second-order valence-corrected chi connectivity index (χ2v) is 5.54. The predicted molar refractivity (Wildman–Crippen MR) is 76.3 cm³/mol. The molecule has 21 heavy (non-hydrogen) atoms. The number of nitrogens with one attached hydrogen (secondary N) is 1. The van der Waals surface area contributed by atoms with Crippen molar-refractivity contribution in [2.75, 3.05) is 13.2 Å². The normalized spacial score (nSPS) is 25.8. The predicted octanol–water partition coefficient (Wildman–Crippen LogP) is 1.45. The molecule has 1 saturated heterocycles. The summed E-state index contributed by atoms with van der Waals surface area (Å²) < 4.78 is 13.2. The lowest BCUT2D eigenvalue weighted by Gasteiger charge is -2.23. The van der Waals surface area contributed by atoms with E-state index in [0.29, 0.717) is 13.2 Å². The van der Waals surface area contributed by atoms with E-state index in [-0.39, 0.29) is 18.1 Å². The molecule has 0 bridgehead atoms. The van der Waals surface area contributed by atoms with Crippen molar-refractivity contribution >= 4 is 5.91 Å². The SMILES string of the molecule is CC1=C(C(=O)N[C@H]2CCO[C@@H]2c2nccn2C)CCCO1. The maximum Gasteiger partial charge on any atom is 0.250 e. The Bertz CT molecular complexity index is 564. The minimum Gasteiger partial charge on any atom is -0.498 e. The molecule has 114 valence electrons. The summed E-state index contributed by atoms with van der Waals surface area (Å²) >= 11 is 0. The van der Waals surface area contributed by atoms with Crippen molar-refractivity contribution in [2.24, 2.45) is 7.05 Å². The first kappa shape index (κ1) is 14.1. The number of imidazole rings is 1. The molecule has 2 aliphatic heterocycles. The summed E-state index contributed by atoms with van der Waals surface area (Å²) in [5, 5.41) is 3.09. The lowest BCUT2D eigenvalue weighted by atomic mass is 10.0. The molecule has 3 rings (SSSR count). The van der Waals surface area contributed by atoms with Crippen LogP contribution in [-0.4, -0.2) is 34.7 Å². The van der Waals surface area contributed by atoms with Gasteiger partial charge in [-0.25, -0.2) is 4.98 Å². The fourth-order valence-electron chi connectivity index (χ4n) is 2.91. The van der Waals surface area contributed by atoms with Gasteiger partial charge in [-0.1, -0.05) is 0 Å². The van der Waals surface area contributed by atoms with Gasteiger partial charge in [0.05, 0.1) is 18.2 Å². The molecule has 2 aliphatic rings. The van der Waals surface area contributed by atoms with E-state index in [9.17, 15) is 4.79 Å². The molecule has 2 atom stereocenters. The van der Waals surface area contributed by atoms with Crippen LogP contribution in [-0.2, 0) is 21.3 Å². The molecule has 1 fully saturated rings. The van der Waals surface area contributed by atoms with E-state index in [1.54, 1.807) is 6.20 Å². The van der Waals surface area contributed by atoms with Gasteiger partial charge in [0.25, 0.3) is 5.91 Å². The van der Waals surface area contributed by atoms with Crippen LogP contribution >= 0.6 is 0 Å². The summed E-state index contributed by atoms with van der Waals surface area (Å²) in [4.78, 5) is 16.8. The summed E-state index contributed by atoms with van der Waals surface area (Å²) in [6.07, 6.45) is 5.92. The van der Waals surface area contributed by atoms with Crippen LogP contribution in [0.15, 0.2) is 23.7 Å². The molecule has 1 amide bonds. The van der Waals surface area contributed by atoms with Crippen molar-refractivity contribution < 1.29 is 14.3 Å². The summed E-state index contributed by atoms with van der Waals surface area (Å²) in [6.45, 7) is 3.19. The first-order valence-electron chi connectivity index (χ1n) is 7.39. The quantitative estimate of drug-likeness (QED) is 0.915. The molecule has 0 saturated carbocycles. The molecule has 6 heteroatoms. The number of aryl methyl sites for hydroxylation is 1. The third-order valence-electron chi connectivity index (χ3n) is 4.11. The van der Waals surface area contributed by atoms with Crippen molar-refractivity contribution in [1.29, 1.82) is 0 Å². The van der Waals surface area contributed by atoms with Crippen LogP contribution in [0.1, 0.15) is 38.1 Å². The number of aromatic nitrogens is 2. The van der Waals surface area contributed by atoms with Crippen LogP contribution in [0, 0.1) is 0 Å². The van der Waals surface area contributed by atoms with E-state index in [2.05, 4.69) is 10.3 Å². The molecule has 1 aromatic heterocycles. The average molecular weight is 291 g/mol. The highest BCUT2D eigenvalue weighted by Crippen LogP contribution is 2.28. The number of carbonyl (C=O) groups excluding carboxylic acids is 1. The number of hydrogen-bond donors (Lipinski definition) is 1. The lowest BCUT2D eigenvalue weighted by Crippen LogP contribution is -2.39. The third kappa shape index (κ3) is 2.81. The van der Waals surface area contributed by atoms with E-state index in [1.165, 1.54) is 0 Å². The molecule has 1 N–H and O–H groups in total. The highest BCUT2D eigenvalue weighted by atomic mass is 16.5. The van der Waals surface area contributed by atoms with E-state index in [1.807, 2.05) is 24.7 Å². The molecule has 0 aromatic carbocycles. The Balaban J connectivity index is 1.72. The second kappa shape index (κ2) is 5.89. The Kier molecular flexibility index (Phi) is 3.96. The Morgan fingerprint density at radius 2 is 2.33 bits per heavy atom. The van der Waals surface area contributed by atoms with Gasteiger partial charge in [-0.2, -0.15) is 0 Å². The molecule has 0 spiro atoms. The molecule has 6 nitrogen and oxygen atoms in total. The Morgan fingerprint density at radius 1 is 1.48 bits per heavy atom. The summed E-state index contributed by atoms with van der Waals surface area (Å²) in [5.74, 6) is 1.55. The molecular formula is C15H21N3O3. The molecular weight excluding hydrogens is 270 g/mol. The van der Waals surface area contributed by atoms with E-state index >= 15 is 0 Å². The highest BCUT2D eigenvalue weighted by molar-refractivity contribution is 5.94. The summed E-state index contributed by atoms with van der Waals surface area (Å²) in [7, 11) is 1.94. The third-order valence-corrected chi connectivity index (χ3v) is 4.11. The van der Waals surface area contributed by atoms with Crippen molar-refractivity contribution in [3.63, 3.8) is 0 Å². The van der Waals surface area contributed by atoms with E-state index < -0.39 is 0 Å². The number of amides is 1.